The Morgan fingerprint density at radius 3 is 2.53 bits per heavy atom. The molecule has 0 spiro atoms. The number of aryl methyl sites for hydroxylation is 1. The Labute approximate surface area is 172 Å². The molecule has 1 aromatic carbocycles. The van der Waals surface area contributed by atoms with Gasteiger partial charge in [0.15, 0.2) is 23.3 Å². The second kappa shape index (κ2) is 7.86. The number of hydrogen-bond acceptors (Lipinski definition) is 5. The van der Waals surface area contributed by atoms with Crippen LogP contribution in [0.15, 0.2) is 12.1 Å². The first-order chi connectivity index (χ1) is 14.2. The zero-order chi connectivity index (χ0) is 21.6. The lowest BCUT2D eigenvalue weighted by Crippen LogP contribution is -2.45. The Bertz CT molecular complexity index is 971. The zero-order valence-corrected chi connectivity index (χ0v) is 17.0. The molecule has 160 valence electrons. The number of nitrogens with one attached hydrogen (secondary N) is 1. The van der Waals surface area contributed by atoms with Crippen LogP contribution in [0.5, 0.6) is 0 Å². The summed E-state index contributed by atoms with van der Waals surface area (Å²) in [5.74, 6) is -2.20. The fraction of sp³-hybridized carbons (Fsp3) is 0.476. The average Bonchev–Trinajstić information content (AvgIpc) is 2.67. The van der Waals surface area contributed by atoms with E-state index in [2.05, 4.69) is 15.3 Å². The topological polar surface area (TPSA) is 67.4 Å². The number of carbonyl (C=O) groups is 1. The van der Waals surface area contributed by atoms with Crippen molar-refractivity contribution in [1.82, 2.24) is 9.97 Å². The predicted molar refractivity (Wildman–Crippen MR) is 105 cm³/mol. The molecule has 0 bridgehead atoms. The highest BCUT2D eigenvalue weighted by Gasteiger charge is 2.33. The van der Waals surface area contributed by atoms with Gasteiger partial charge in [-0.1, -0.05) is 0 Å². The summed E-state index contributed by atoms with van der Waals surface area (Å²) in [5.41, 5.74) is 1.65. The third-order valence-corrected chi connectivity index (χ3v) is 5.85. The van der Waals surface area contributed by atoms with Crippen LogP contribution in [-0.2, 0) is 22.6 Å². The fourth-order valence-electron chi connectivity index (χ4n) is 3.84. The van der Waals surface area contributed by atoms with Gasteiger partial charge < -0.3 is 15.0 Å². The number of nitrogens with zero attached hydrogens (tertiary/aromatic N) is 3. The number of likely N-dealkylation sites (N-methyl/N-ethyl adjacent to an activating group) is 1. The lowest BCUT2D eigenvalue weighted by atomic mass is 9.80. The first-order valence-electron chi connectivity index (χ1n) is 9.89. The van der Waals surface area contributed by atoms with Gasteiger partial charge in [-0.2, -0.15) is 0 Å². The number of anilines is 2. The van der Waals surface area contributed by atoms with E-state index in [0.29, 0.717) is 23.9 Å². The molecule has 1 N–H and O–H groups in total. The molecule has 9 heteroatoms. The lowest BCUT2D eigenvalue weighted by molar-refractivity contribution is -0.117. The van der Waals surface area contributed by atoms with Crippen molar-refractivity contribution < 1.29 is 22.7 Å². The molecule has 1 saturated carbocycles. The lowest BCUT2D eigenvalue weighted by Gasteiger charge is -2.36. The van der Waals surface area contributed by atoms with Crippen LogP contribution in [0.4, 0.5) is 24.7 Å². The summed E-state index contributed by atoms with van der Waals surface area (Å²) in [6.45, 7) is 3.70. The first-order valence-corrected chi connectivity index (χ1v) is 9.89. The van der Waals surface area contributed by atoms with Gasteiger partial charge in [-0.25, -0.2) is 23.1 Å². The van der Waals surface area contributed by atoms with E-state index in [4.69, 9.17) is 4.74 Å². The van der Waals surface area contributed by atoms with Crippen molar-refractivity contribution in [2.24, 2.45) is 5.92 Å². The summed E-state index contributed by atoms with van der Waals surface area (Å²) >= 11 is 0. The van der Waals surface area contributed by atoms with Gasteiger partial charge in [-0.15, -0.1) is 0 Å². The van der Waals surface area contributed by atoms with Crippen molar-refractivity contribution in [3.05, 3.63) is 46.7 Å². The number of rotatable bonds is 5. The van der Waals surface area contributed by atoms with Gasteiger partial charge >= 0.3 is 0 Å². The molecular formula is C21H23F3N4O2. The van der Waals surface area contributed by atoms with E-state index in [1.54, 1.807) is 0 Å². The summed E-state index contributed by atoms with van der Waals surface area (Å²) in [6, 6.07) is 1.60. The number of hydrogen-bond donors (Lipinski definition) is 1. The molecule has 6 nitrogen and oxygen atoms in total. The van der Waals surface area contributed by atoms with E-state index >= 15 is 0 Å². The molecule has 2 aromatic rings. The predicted octanol–water partition coefficient (Wildman–Crippen LogP) is 3.52. The number of amides is 1. The highest BCUT2D eigenvalue weighted by Crippen LogP contribution is 2.35. The standard InChI is InChI=1S/C21H23F3N4O2/c1-10-19-20(28(3)11(2)21(29)27-19)26-17(25-10)8-12-4-14(5-12)30-9-13-6-15(22)18(24)16(23)7-13/h6-7,11-12,14H,4-5,8-9H2,1-3H3,(H,27,29)/t11-,12?,14?/m0/s1. The first kappa shape index (κ1) is 20.6. The van der Waals surface area contributed by atoms with Crippen LogP contribution >= 0.6 is 0 Å². The zero-order valence-electron chi connectivity index (χ0n) is 17.0. The summed E-state index contributed by atoms with van der Waals surface area (Å²) in [4.78, 5) is 23.0. The van der Waals surface area contributed by atoms with Crippen LogP contribution in [0, 0.1) is 30.3 Å². The smallest absolute Gasteiger partial charge is 0.246 e. The minimum Gasteiger partial charge on any atom is -0.374 e. The highest BCUT2D eigenvalue weighted by molar-refractivity contribution is 6.02. The van der Waals surface area contributed by atoms with E-state index in [-0.39, 0.29) is 30.2 Å². The number of halogens is 3. The maximum atomic E-state index is 13.3. The molecule has 1 fully saturated rings. The Balaban J connectivity index is 1.33. The van der Waals surface area contributed by atoms with Crippen LogP contribution in [0.25, 0.3) is 0 Å². The number of carbonyl (C=O) groups excluding carboxylic acids is 1. The number of ether oxygens (including phenoxy) is 1. The van der Waals surface area contributed by atoms with Crippen molar-refractivity contribution in [2.75, 3.05) is 17.3 Å². The molecule has 1 aromatic heterocycles. The summed E-state index contributed by atoms with van der Waals surface area (Å²) < 4.78 is 45.3. The van der Waals surface area contributed by atoms with Crippen LogP contribution in [-0.4, -0.2) is 35.1 Å². The van der Waals surface area contributed by atoms with Crippen molar-refractivity contribution in [1.29, 1.82) is 0 Å². The molecule has 0 radical (unpaired) electrons. The van der Waals surface area contributed by atoms with E-state index < -0.39 is 17.5 Å². The van der Waals surface area contributed by atoms with E-state index in [1.807, 2.05) is 25.8 Å². The molecule has 1 atom stereocenters. The van der Waals surface area contributed by atoms with Crippen molar-refractivity contribution >= 4 is 17.4 Å². The SMILES string of the molecule is Cc1nc(CC2CC(OCc3cc(F)c(F)c(F)c3)C2)nc2c1NC(=O)[C@H](C)N2C. The van der Waals surface area contributed by atoms with Gasteiger partial charge in [0.05, 0.1) is 18.4 Å². The molecule has 2 aliphatic rings. The molecule has 4 rings (SSSR count). The van der Waals surface area contributed by atoms with Gasteiger partial charge in [0, 0.05) is 13.5 Å². The Kier molecular flexibility index (Phi) is 5.40. The Morgan fingerprint density at radius 1 is 1.20 bits per heavy atom. The molecule has 30 heavy (non-hydrogen) atoms. The number of aromatic nitrogens is 2. The maximum Gasteiger partial charge on any atom is 0.246 e. The van der Waals surface area contributed by atoms with Gasteiger partial charge in [0.1, 0.15) is 17.6 Å². The minimum atomic E-state index is -1.47. The highest BCUT2D eigenvalue weighted by atomic mass is 19.2. The van der Waals surface area contributed by atoms with E-state index in [9.17, 15) is 18.0 Å². The number of fused-ring (bicyclic) bond motifs is 1. The molecule has 0 saturated heterocycles. The van der Waals surface area contributed by atoms with Crippen LogP contribution in [0.1, 0.15) is 36.8 Å². The molecule has 1 aliphatic carbocycles. The molecule has 2 heterocycles. The molecule has 0 unspecified atom stereocenters. The monoisotopic (exact) mass is 420 g/mol. The van der Waals surface area contributed by atoms with E-state index in [0.717, 1.165) is 36.5 Å². The third-order valence-electron chi connectivity index (χ3n) is 5.85. The van der Waals surface area contributed by atoms with Crippen LogP contribution in [0.2, 0.25) is 0 Å². The fourth-order valence-corrected chi connectivity index (χ4v) is 3.84. The van der Waals surface area contributed by atoms with Crippen molar-refractivity contribution in [2.45, 2.75) is 51.9 Å². The van der Waals surface area contributed by atoms with Crippen molar-refractivity contribution in [3.63, 3.8) is 0 Å². The number of benzene rings is 1. The molecule has 1 aliphatic heterocycles. The van der Waals surface area contributed by atoms with Gasteiger partial charge in [0.25, 0.3) is 0 Å². The van der Waals surface area contributed by atoms with Crippen molar-refractivity contribution in [3.8, 4) is 0 Å². The summed E-state index contributed by atoms with van der Waals surface area (Å²) in [7, 11) is 1.84. The summed E-state index contributed by atoms with van der Waals surface area (Å²) in [6.07, 6.45) is 2.24. The third kappa shape index (κ3) is 3.86. The van der Waals surface area contributed by atoms with Gasteiger partial charge in [-0.3, -0.25) is 4.79 Å². The average molecular weight is 420 g/mol. The Morgan fingerprint density at radius 2 is 1.87 bits per heavy atom. The van der Waals surface area contributed by atoms with Crippen LogP contribution < -0.4 is 10.2 Å². The van der Waals surface area contributed by atoms with Gasteiger partial charge in [-0.05, 0) is 50.3 Å². The molecule has 1 amide bonds. The largest absolute Gasteiger partial charge is 0.374 e. The quantitative estimate of drug-likeness (QED) is 0.750. The van der Waals surface area contributed by atoms with Crippen LogP contribution in [0.3, 0.4) is 0 Å². The second-order valence-electron chi connectivity index (χ2n) is 8.05. The Hall–Kier alpha value is -2.68. The minimum absolute atomic E-state index is 0.0214. The van der Waals surface area contributed by atoms with E-state index in [1.165, 1.54) is 0 Å². The maximum absolute atomic E-state index is 13.3. The second-order valence-corrected chi connectivity index (χ2v) is 8.05. The summed E-state index contributed by atoms with van der Waals surface area (Å²) in [5, 5.41) is 2.87. The molecular weight excluding hydrogens is 397 g/mol. The normalized spacial score (nSPS) is 23.1. The van der Waals surface area contributed by atoms with Gasteiger partial charge in [0.2, 0.25) is 5.91 Å².